The Balaban J connectivity index is 1.17. The van der Waals surface area contributed by atoms with Crippen LogP contribution in [0.3, 0.4) is 0 Å². The average molecular weight is 597 g/mol. The van der Waals surface area contributed by atoms with Crippen molar-refractivity contribution in [2.45, 2.75) is 6.23 Å². The summed E-state index contributed by atoms with van der Waals surface area (Å²) < 4.78 is 37.6. The molecular formula is C34H22F2N8O. The predicted octanol–water partition coefficient (Wildman–Crippen LogP) is 7.69. The highest BCUT2D eigenvalue weighted by molar-refractivity contribution is 5.85. The van der Waals surface area contributed by atoms with Crippen molar-refractivity contribution in [1.29, 1.82) is 0 Å². The van der Waals surface area contributed by atoms with Crippen LogP contribution >= 0.6 is 0 Å². The Morgan fingerprint density at radius 1 is 0.711 bits per heavy atom. The van der Waals surface area contributed by atoms with Crippen molar-refractivity contribution in [3.63, 3.8) is 0 Å². The van der Waals surface area contributed by atoms with Gasteiger partial charge in [0.1, 0.15) is 23.2 Å². The highest BCUT2D eigenvalue weighted by Crippen LogP contribution is 2.45. The maximum Gasteiger partial charge on any atom is 0.204 e. The van der Waals surface area contributed by atoms with E-state index in [1.807, 2.05) is 77.6 Å². The lowest BCUT2D eigenvalue weighted by Crippen LogP contribution is -2.23. The minimum atomic E-state index is -0.895. The summed E-state index contributed by atoms with van der Waals surface area (Å²) >= 11 is 0. The van der Waals surface area contributed by atoms with E-state index in [0.717, 1.165) is 62.4 Å². The van der Waals surface area contributed by atoms with Crippen LogP contribution in [0, 0.1) is 11.6 Å². The molecule has 5 aromatic heterocycles. The fourth-order valence-electron chi connectivity index (χ4n) is 5.95. The third-order valence-corrected chi connectivity index (χ3v) is 8.03. The molecule has 0 amide bonds. The number of ether oxygens (including phenoxy) is 1. The van der Waals surface area contributed by atoms with E-state index in [-0.39, 0.29) is 0 Å². The maximum absolute atomic E-state index is 14.6. The van der Waals surface area contributed by atoms with E-state index in [0.29, 0.717) is 23.0 Å². The monoisotopic (exact) mass is 596 g/mol. The molecule has 1 aliphatic rings. The predicted molar refractivity (Wildman–Crippen MR) is 165 cm³/mol. The first-order valence-electron chi connectivity index (χ1n) is 14.2. The molecule has 1 atom stereocenters. The number of nitrogens with zero attached hydrogens (tertiary/aromatic N) is 4. The molecule has 0 fully saturated rings. The summed E-state index contributed by atoms with van der Waals surface area (Å²) in [4.78, 5) is 27.0. The summed E-state index contributed by atoms with van der Waals surface area (Å²) in [6, 6.07) is 22.8. The smallest absolute Gasteiger partial charge is 0.204 e. The van der Waals surface area contributed by atoms with E-state index in [1.54, 1.807) is 12.4 Å². The van der Waals surface area contributed by atoms with E-state index in [2.05, 4.69) is 24.9 Å². The summed E-state index contributed by atoms with van der Waals surface area (Å²) in [6.07, 6.45) is 6.30. The number of nitrogens with one attached hydrogen (secondary N) is 4. The summed E-state index contributed by atoms with van der Waals surface area (Å²) in [7, 11) is 0. The molecule has 11 heteroatoms. The normalized spacial score (nSPS) is 14.0. The van der Waals surface area contributed by atoms with Crippen molar-refractivity contribution in [1.82, 2.24) is 39.5 Å². The quantitative estimate of drug-likeness (QED) is 0.163. The van der Waals surface area contributed by atoms with Crippen LogP contribution in [0.5, 0.6) is 5.75 Å². The molecule has 9 nitrogen and oxygen atoms in total. The van der Waals surface area contributed by atoms with E-state index >= 15 is 0 Å². The average Bonchev–Trinajstić information content (AvgIpc) is 3.88. The highest BCUT2D eigenvalue weighted by Gasteiger charge is 2.32. The van der Waals surface area contributed by atoms with Gasteiger partial charge < -0.3 is 24.7 Å². The molecule has 1 aliphatic heterocycles. The fraction of sp³-hybridized carbons (Fsp3) is 0.0294. The number of hydrogen-bond acceptors (Lipinski definition) is 4. The molecule has 6 heterocycles. The van der Waals surface area contributed by atoms with Crippen LogP contribution < -0.4 is 4.74 Å². The number of H-pyrrole nitrogens is 4. The lowest BCUT2D eigenvalue weighted by molar-refractivity contribution is 0.169. The van der Waals surface area contributed by atoms with E-state index in [1.165, 1.54) is 12.1 Å². The van der Waals surface area contributed by atoms with Crippen LogP contribution in [0.25, 0.3) is 68.0 Å². The Kier molecular flexibility index (Phi) is 5.42. The third kappa shape index (κ3) is 4.16. The van der Waals surface area contributed by atoms with Gasteiger partial charge >= 0.3 is 0 Å². The number of halogens is 2. The Morgan fingerprint density at radius 2 is 1.49 bits per heavy atom. The van der Waals surface area contributed by atoms with Crippen LogP contribution in [0.15, 0.2) is 104 Å². The minimum absolute atomic E-state index is 0.316. The molecule has 9 rings (SSSR count). The molecule has 0 aliphatic carbocycles. The second-order valence-electron chi connectivity index (χ2n) is 10.9. The van der Waals surface area contributed by atoms with Crippen LogP contribution in [0.4, 0.5) is 8.78 Å². The third-order valence-electron chi connectivity index (χ3n) is 8.03. The van der Waals surface area contributed by atoms with Gasteiger partial charge in [-0.2, -0.15) is 0 Å². The van der Waals surface area contributed by atoms with Crippen LogP contribution in [0.2, 0.25) is 0 Å². The molecule has 45 heavy (non-hydrogen) atoms. The van der Waals surface area contributed by atoms with Gasteiger partial charge in [-0.15, -0.1) is 0 Å². The second-order valence-corrected chi connectivity index (χ2v) is 10.9. The van der Waals surface area contributed by atoms with Gasteiger partial charge in [-0.25, -0.2) is 23.7 Å². The molecule has 8 aromatic rings. The Labute approximate surface area is 253 Å². The zero-order valence-corrected chi connectivity index (χ0v) is 23.3. The van der Waals surface area contributed by atoms with Crippen molar-refractivity contribution in [3.05, 3.63) is 121 Å². The number of aromatic nitrogens is 8. The molecule has 0 radical (unpaired) electrons. The molecular weight excluding hydrogens is 574 g/mol. The molecule has 3 aromatic carbocycles. The second kappa shape index (κ2) is 9.64. The number of benzene rings is 3. The molecule has 0 saturated carbocycles. The lowest BCUT2D eigenvalue weighted by Gasteiger charge is -2.30. The van der Waals surface area contributed by atoms with Crippen LogP contribution in [0.1, 0.15) is 11.8 Å². The molecule has 0 spiro atoms. The SMILES string of the molecule is Fc1cc(F)cc([C@@H]2Oc3cc(-c4cnc(-c5ccc[nH]5)[nH]4)ccc3-c3ncc(-c4ccc5nc(-c6ccc[nH]6)[nH]c5c4)n32)c1. The molecule has 0 unspecified atom stereocenters. The van der Waals surface area contributed by atoms with E-state index in [9.17, 15) is 8.78 Å². The highest BCUT2D eigenvalue weighted by atomic mass is 19.1. The van der Waals surface area contributed by atoms with Gasteiger partial charge in [0.2, 0.25) is 6.23 Å². The first kappa shape index (κ1) is 25.3. The van der Waals surface area contributed by atoms with Crippen molar-refractivity contribution in [2.24, 2.45) is 0 Å². The first-order valence-corrected chi connectivity index (χ1v) is 14.2. The van der Waals surface area contributed by atoms with Gasteiger partial charge in [0.05, 0.1) is 51.8 Å². The van der Waals surface area contributed by atoms with Gasteiger partial charge in [0.25, 0.3) is 0 Å². The first-order chi connectivity index (χ1) is 22.1. The van der Waals surface area contributed by atoms with Crippen molar-refractivity contribution < 1.29 is 13.5 Å². The van der Waals surface area contributed by atoms with Gasteiger partial charge in [0, 0.05) is 35.2 Å². The molecule has 0 bridgehead atoms. The minimum Gasteiger partial charge on any atom is -0.465 e. The number of fused-ring (bicyclic) bond motifs is 4. The standard InChI is InChI=1S/C34H22F2N8O/c35-21-11-20(12-22(36)15-21)34-44-29(19-6-8-24-27(13-19)42-32(41-24)26-4-2-10-38-26)17-40-33(44)23-7-5-18(14-30(23)45-34)28-16-39-31(43-28)25-3-1-9-37-25/h1-17,34,37-38H,(H,39,43)(H,41,42)/t34-/m0/s1. The summed E-state index contributed by atoms with van der Waals surface area (Å²) in [6.45, 7) is 0. The molecule has 218 valence electrons. The van der Waals surface area contributed by atoms with E-state index in [4.69, 9.17) is 14.7 Å². The Hall–Kier alpha value is -6.23. The van der Waals surface area contributed by atoms with Crippen LogP contribution in [-0.2, 0) is 0 Å². The molecule has 4 N–H and O–H groups in total. The van der Waals surface area contributed by atoms with Crippen molar-refractivity contribution in [3.8, 4) is 62.7 Å². The van der Waals surface area contributed by atoms with Gasteiger partial charge in [-0.1, -0.05) is 12.1 Å². The number of imidazole rings is 3. The zero-order valence-electron chi connectivity index (χ0n) is 23.3. The molecule has 0 saturated heterocycles. The largest absolute Gasteiger partial charge is 0.465 e. The summed E-state index contributed by atoms with van der Waals surface area (Å²) in [5.74, 6) is 1.18. The van der Waals surface area contributed by atoms with Gasteiger partial charge in [0.15, 0.2) is 11.6 Å². The lowest BCUT2D eigenvalue weighted by atomic mass is 10.0. The fourth-order valence-corrected chi connectivity index (χ4v) is 5.95. The number of hydrogen-bond donors (Lipinski definition) is 4. The van der Waals surface area contributed by atoms with E-state index < -0.39 is 17.9 Å². The maximum atomic E-state index is 14.6. The summed E-state index contributed by atoms with van der Waals surface area (Å²) in [5.41, 5.74) is 7.63. The van der Waals surface area contributed by atoms with Gasteiger partial charge in [-0.3, -0.25) is 4.57 Å². The summed E-state index contributed by atoms with van der Waals surface area (Å²) in [5, 5.41) is 0. The van der Waals surface area contributed by atoms with Gasteiger partial charge in [-0.05, 0) is 60.7 Å². The van der Waals surface area contributed by atoms with Crippen molar-refractivity contribution in [2.75, 3.05) is 0 Å². The van der Waals surface area contributed by atoms with Crippen molar-refractivity contribution >= 4 is 11.0 Å². The van der Waals surface area contributed by atoms with Crippen LogP contribution in [-0.4, -0.2) is 39.5 Å². The zero-order chi connectivity index (χ0) is 30.1. The Bertz CT molecular complexity index is 2330. The number of aromatic amines is 4. The topological polar surface area (TPSA) is 116 Å². The number of rotatable bonds is 5. The Morgan fingerprint density at radius 3 is 2.27 bits per heavy atom.